The highest BCUT2D eigenvalue weighted by atomic mass is 16.6. The maximum atomic E-state index is 13.2. The Kier molecular flexibility index (Phi) is 8.94. The second-order valence-electron chi connectivity index (χ2n) is 14.3. The molecule has 7 rings (SSSR count). The molecule has 4 bridgehead atoms. The number of furan rings is 1. The van der Waals surface area contributed by atoms with Crippen molar-refractivity contribution in [1.29, 1.82) is 0 Å². The summed E-state index contributed by atoms with van der Waals surface area (Å²) < 4.78 is 42.3. The number of fused-ring (bicyclic) bond motifs is 1. The Balaban J connectivity index is 1.24. The Labute approximate surface area is 266 Å². The first-order chi connectivity index (χ1) is 21.6. The average Bonchev–Trinajstić information content (AvgIpc) is 3.46. The fourth-order valence-corrected chi connectivity index (χ4v) is 8.16. The number of carbonyl (C=O) groups is 1. The van der Waals surface area contributed by atoms with Crippen LogP contribution in [0.4, 0.5) is 0 Å². The van der Waals surface area contributed by atoms with E-state index in [-0.39, 0.29) is 11.6 Å². The smallest absolute Gasteiger partial charge is 0.312 e. The molecule has 1 heterocycles. The molecule has 2 aromatic carbocycles. The Bertz CT molecular complexity index is 1510. The zero-order valence-electron chi connectivity index (χ0n) is 27.7. The van der Waals surface area contributed by atoms with Crippen LogP contribution in [-0.4, -0.2) is 38.5 Å². The number of benzene rings is 2. The minimum Gasteiger partial charge on any atom is -0.493 e. The molecule has 2 atom stereocenters. The topological polar surface area (TPSA) is 85.6 Å². The molecule has 45 heavy (non-hydrogen) atoms. The molecule has 4 fully saturated rings. The van der Waals surface area contributed by atoms with Gasteiger partial charge >= 0.3 is 5.97 Å². The van der Waals surface area contributed by atoms with E-state index in [1.54, 1.807) is 27.6 Å². The summed E-state index contributed by atoms with van der Waals surface area (Å²) in [6.45, 7) is 7.61. The first-order valence-corrected chi connectivity index (χ1v) is 16.3. The molecule has 0 radical (unpaired) electrons. The van der Waals surface area contributed by atoms with Crippen LogP contribution in [-0.2, 0) is 50.2 Å². The average molecular weight is 621 g/mol. The number of rotatable bonds is 14. The monoisotopic (exact) mass is 620 g/mol. The predicted octanol–water partition coefficient (Wildman–Crippen LogP) is 7.90. The van der Waals surface area contributed by atoms with Crippen LogP contribution in [0, 0.1) is 17.3 Å². The van der Waals surface area contributed by atoms with E-state index in [0.717, 1.165) is 71.7 Å². The van der Waals surface area contributed by atoms with Gasteiger partial charge in [-0.25, -0.2) is 0 Å². The van der Waals surface area contributed by atoms with Crippen molar-refractivity contribution in [3.05, 3.63) is 58.8 Å². The molecule has 4 aliphatic carbocycles. The molecule has 4 saturated carbocycles. The van der Waals surface area contributed by atoms with Gasteiger partial charge in [-0.2, -0.15) is 0 Å². The van der Waals surface area contributed by atoms with E-state index in [2.05, 4.69) is 13.0 Å². The second kappa shape index (κ2) is 12.6. The van der Waals surface area contributed by atoms with E-state index in [9.17, 15) is 4.79 Å². The van der Waals surface area contributed by atoms with Crippen LogP contribution in [0.2, 0.25) is 0 Å². The zero-order valence-corrected chi connectivity index (χ0v) is 27.7. The predicted molar refractivity (Wildman–Crippen MR) is 170 cm³/mol. The fraction of sp³-hybridized carbons (Fsp3) is 0.595. The van der Waals surface area contributed by atoms with Gasteiger partial charge in [0.15, 0.2) is 11.5 Å². The third-order valence-electron chi connectivity index (χ3n) is 10.4. The molecule has 244 valence electrons. The quantitative estimate of drug-likeness (QED) is 0.168. The van der Waals surface area contributed by atoms with Gasteiger partial charge in [-0.05, 0) is 111 Å². The molecule has 1 aromatic heterocycles. The van der Waals surface area contributed by atoms with Crippen molar-refractivity contribution in [3.8, 4) is 11.5 Å². The van der Waals surface area contributed by atoms with E-state index in [0.29, 0.717) is 49.8 Å². The number of hydrogen-bond acceptors (Lipinski definition) is 8. The molecule has 4 aliphatic rings. The number of carbonyl (C=O) groups excluding carboxylic acids is 1. The summed E-state index contributed by atoms with van der Waals surface area (Å²) in [5, 5.41) is 1.02. The lowest BCUT2D eigenvalue weighted by Crippen LogP contribution is -2.61. The van der Waals surface area contributed by atoms with Crippen molar-refractivity contribution in [2.45, 2.75) is 103 Å². The summed E-state index contributed by atoms with van der Waals surface area (Å²) in [7, 11) is 4.98. The van der Waals surface area contributed by atoms with Crippen LogP contribution in [0.15, 0.2) is 41.0 Å². The van der Waals surface area contributed by atoms with Crippen molar-refractivity contribution in [2.24, 2.45) is 17.3 Å². The Hall–Kier alpha value is -3.07. The van der Waals surface area contributed by atoms with Crippen LogP contribution in [0.25, 0.3) is 11.0 Å². The highest BCUT2D eigenvalue weighted by molar-refractivity contribution is 5.79. The van der Waals surface area contributed by atoms with Crippen molar-refractivity contribution in [3.63, 3.8) is 0 Å². The highest BCUT2D eigenvalue weighted by Gasteiger charge is 2.60. The Morgan fingerprint density at radius 3 is 2.29 bits per heavy atom. The summed E-state index contributed by atoms with van der Waals surface area (Å²) in [4.78, 5) is 13.2. The lowest BCUT2D eigenvalue weighted by Gasteiger charge is -2.61. The molecule has 0 N–H and O–H groups in total. The van der Waals surface area contributed by atoms with Crippen LogP contribution in [0.1, 0.15) is 88.0 Å². The number of esters is 1. The van der Waals surface area contributed by atoms with Crippen molar-refractivity contribution < 1.29 is 37.6 Å². The van der Waals surface area contributed by atoms with Crippen LogP contribution >= 0.6 is 0 Å². The molecule has 2 unspecified atom stereocenters. The summed E-state index contributed by atoms with van der Waals surface area (Å²) in [5.41, 5.74) is 3.52. The van der Waals surface area contributed by atoms with Gasteiger partial charge < -0.3 is 32.8 Å². The maximum absolute atomic E-state index is 13.2. The van der Waals surface area contributed by atoms with E-state index in [1.165, 1.54) is 6.42 Å². The van der Waals surface area contributed by atoms with Gasteiger partial charge in [0.05, 0.1) is 44.2 Å². The summed E-state index contributed by atoms with van der Waals surface area (Å²) in [6, 6.07) is 10.1. The SMILES string of the molecule is CCC(C)(C)C(=O)OC12CC3CC(CC(OCc4cc5ccoc5cc4COc4c(COC)cc(COC)cc4OC)(C3)C1)C2. The molecule has 0 saturated heterocycles. The third-order valence-corrected chi connectivity index (χ3v) is 10.4. The minimum absolute atomic E-state index is 0.0783. The molecule has 3 aromatic rings. The molecule has 8 nitrogen and oxygen atoms in total. The van der Waals surface area contributed by atoms with E-state index >= 15 is 0 Å². The lowest BCUT2D eigenvalue weighted by atomic mass is 9.52. The van der Waals surface area contributed by atoms with E-state index in [1.807, 2.05) is 38.1 Å². The highest BCUT2D eigenvalue weighted by Crippen LogP contribution is 2.60. The van der Waals surface area contributed by atoms with Crippen molar-refractivity contribution in [1.82, 2.24) is 0 Å². The Morgan fingerprint density at radius 1 is 0.889 bits per heavy atom. The summed E-state index contributed by atoms with van der Waals surface area (Å²) in [5.74, 6) is 2.25. The maximum Gasteiger partial charge on any atom is 0.312 e. The lowest BCUT2D eigenvalue weighted by molar-refractivity contribution is -0.241. The molecule has 8 heteroatoms. The first kappa shape index (κ1) is 31.9. The van der Waals surface area contributed by atoms with Crippen LogP contribution < -0.4 is 9.47 Å². The standard InChI is InChI=1S/C37H48O8/c1-7-35(2,3)34(38)45-37-17-25-10-26(18-37)16-36(15-25,23-37)44-22-28-13-27-8-9-42-31(27)14-29(28)21-43-33-30(20-40-5)11-24(19-39-4)12-32(33)41-6/h8-9,11-14,25-26H,7,10,15-23H2,1-6H3. The molecule has 0 aliphatic heterocycles. The number of ether oxygens (including phenoxy) is 6. The summed E-state index contributed by atoms with van der Waals surface area (Å²) in [6.07, 6.45) is 8.39. The molecule has 0 spiro atoms. The van der Waals surface area contributed by atoms with E-state index in [4.69, 9.17) is 32.8 Å². The van der Waals surface area contributed by atoms with Crippen molar-refractivity contribution >= 4 is 16.9 Å². The van der Waals surface area contributed by atoms with Gasteiger partial charge in [0.25, 0.3) is 0 Å². The van der Waals surface area contributed by atoms with Gasteiger partial charge in [-0.15, -0.1) is 0 Å². The molecular formula is C37H48O8. The van der Waals surface area contributed by atoms with Gasteiger partial charge in [0.2, 0.25) is 0 Å². The van der Waals surface area contributed by atoms with Gasteiger partial charge in [0, 0.05) is 31.6 Å². The normalized spacial score (nSPS) is 25.6. The second-order valence-corrected chi connectivity index (χ2v) is 14.3. The van der Waals surface area contributed by atoms with Crippen LogP contribution in [0.5, 0.6) is 11.5 Å². The number of hydrogen-bond donors (Lipinski definition) is 0. The van der Waals surface area contributed by atoms with Crippen LogP contribution in [0.3, 0.4) is 0 Å². The first-order valence-electron chi connectivity index (χ1n) is 16.3. The summed E-state index contributed by atoms with van der Waals surface area (Å²) >= 11 is 0. The van der Waals surface area contributed by atoms with Gasteiger partial charge in [-0.1, -0.05) is 6.92 Å². The molecule has 0 amide bonds. The fourth-order valence-electron chi connectivity index (χ4n) is 8.16. The largest absolute Gasteiger partial charge is 0.493 e. The minimum atomic E-state index is -0.484. The van der Waals surface area contributed by atoms with E-state index < -0.39 is 11.0 Å². The molecular weight excluding hydrogens is 572 g/mol. The number of methoxy groups -OCH3 is 3. The van der Waals surface area contributed by atoms with Gasteiger partial charge in [-0.3, -0.25) is 4.79 Å². The Morgan fingerprint density at radius 2 is 1.60 bits per heavy atom. The van der Waals surface area contributed by atoms with Gasteiger partial charge in [0.1, 0.15) is 17.8 Å². The third kappa shape index (κ3) is 6.47. The van der Waals surface area contributed by atoms with Crippen molar-refractivity contribution in [2.75, 3.05) is 21.3 Å². The zero-order chi connectivity index (χ0) is 31.8.